The van der Waals surface area contributed by atoms with Gasteiger partial charge in [0, 0.05) is 19.4 Å². The monoisotopic (exact) mass is 284 g/mol. The highest BCUT2D eigenvalue weighted by molar-refractivity contribution is 5.90. The fourth-order valence-electron chi connectivity index (χ4n) is 2.17. The molecule has 108 valence electrons. The van der Waals surface area contributed by atoms with Crippen molar-refractivity contribution >= 4 is 11.5 Å². The number of aromatic nitrogens is 4. The highest BCUT2D eigenvalue weighted by Gasteiger charge is 2.08. The summed E-state index contributed by atoms with van der Waals surface area (Å²) in [4.78, 5) is 16.0. The first kappa shape index (κ1) is 13.4. The zero-order chi connectivity index (χ0) is 14.7. The summed E-state index contributed by atoms with van der Waals surface area (Å²) in [5, 5.41) is 4.10. The number of imidazole rings is 1. The van der Waals surface area contributed by atoms with Crippen molar-refractivity contribution in [3.05, 3.63) is 54.4 Å². The predicted molar refractivity (Wildman–Crippen MR) is 77.0 cm³/mol. The molecule has 0 radical (unpaired) electrons. The van der Waals surface area contributed by atoms with Gasteiger partial charge in [-0.05, 0) is 30.5 Å². The minimum Gasteiger partial charge on any atom is -0.462 e. The number of aryl methyl sites for hydroxylation is 2. The van der Waals surface area contributed by atoms with E-state index in [1.807, 2.05) is 23.8 Å². The first-order valence-corrected chi connectivity index (χ1v) is 6.79. The Hall–Kier alpha value is -2.63. The molecule has 0 aliphatic rings. The Kier molecular flexibility index (Phi) is 3.68. The lowest BCUT2D eigenvalue weighted by Gasteiger charge is -2.04. The second-order valence-corrected chi connectivity index (χ2v) is 4.90. The number of carbonyl (C=O) groups is 1. The van der Waals surface area contributed by atoms with Crippen molar-refractivity contribution in [3.8, 4) is 0 Å². The van der Waals surface area contributed by atoms with Crippen LogP contribution in [0.25, 0.3) is 5.52 Å². The Morgan fingerprint density at radius 3 is 3.10 bits per heavy atom. The molecule has 6 heteroatoms. The van der Waals surface area contributed by atoms with E-state index in [9.17, 15) is 4.79 Å². The summed E-state index contributed by atoms with van der Waals surface area (Å²) in [5.74, 6) is -0.301. The minimum atomic E-state index is -0.301. The van der Waals surface area contributed by atoms with Gasteiger partial charge in [0.25, 0.3) is 0 Å². The van der Waals surface area contributed by atoms with Gasteiger partial charge in [-0.1, -0.05) is 0 Å². The van der Waals surface area contributed by atoms with Crippen LogP contribution in [-0.2, 0) is 18.2 Å². The number of rotatable bonds is 5. The van der Waals surface area contributed by atoms with Crippen molar-refractivity contribution in [2.24, 2.45) is 7.05 Å². The van der Waals surface area contributed by atoms with Crippen molar-refractivity contribution in [1.82, 2.24) is 19.2 Å². The lowest BCUT2D eigenvalue weighted by atomic mass is 10.2. The van der Waals surface area contributed by atoms with E-state index in [1.165, 1.54) is 0 Å². The summed E-state index contributed by atoms with van der Waals surface area (Å²) < 4.78 is 8.90. The lowest BCUT2D eigenvalue weighted by Crippen LogP contribution is -2.07. The van der Waals surface area contributed by atoms with E-state index in [0.29, 0.717) is 12.2 Å². The van der Waals surface area contributed by atoms with Crippen LogP contribution in [0.15, 0.2) is 43.2 Å². The summed E-state index contributed by atoms with van der Waals surface area (Å²) in [5.41, 5.74) is 2.57. The molecule has 0 atom stereocenters. The van der Waals surface area contributed by atoms with E-state index < -0.39 is 0 Å². The van der Waals surface area contributed by atoms with E-state index in [0.717, 1.165) is 23.9 Å². The fourth-order valence-corrected chi connectivity index (χ4v) is 2.17. The molecular formula is C15H16N4O2. The molecule has 0 aliphatic heterocycles. The molecule has 0 N–H and O–H groups in total. The molecular weight excluding hydrogens is 268 g/mol. The van der Waals surface area contributed by atoms with Gasteiger partial charge in [-0.3, -0.25) is 4.68 Å². The van der Waals surface area contributed by atoms with Gasteiger partial charge >= 0.3 is 5.97 Å². The van der Waals surface area contributed by atoms with E-state index in [1.54, 1.807) is 35.5 Å². The van der Waals surface area contributed by atoms with Crippen LogP contribution in [0.2, 0.25) is 0 Å². The highest BCUT2D eigenvalue weighted by Crippen LogP contribution is 2.08. The number of nitrogens with zero attached hydrogens (tertiary/aromatic N) is 4. The van der Waals surface area contributed by atoms with Crippen LogP contribution in [0.4, 0.5) is 0 Å². The Bertz CT molecular complexity index is 760. The molecule has 3 aromatic rings. The third kappa shape index (κ3) is 3.10. The maximum atomic E-state index is 12.0. The minimum absolute atomic E-state index is 0.301. The molecule has 0 saturated heterocycles. The van der Waals surface area contributed by atoms with Gasteiger partial charge in [0.1, 0.15) is 0 Å². The number of hydrogen-bond donors (Lipinski definition) is 0. The van der Waals surface area contributed by atoms with Crippen LogP contribution in [0.3, 0.4) is 0 Å². The largest absolute Gasteiger partial charge is 0.462 e. The van der Waals surface area contributed by atoms with Crippen LogP contribution in [0.1, 0.15) is 22.3 Å². The molecule has 21 heavy (non-hydrogen) atoms. The summed E-state index contributed by atoms with van der Waals surface area (Å²) in [7, 11) is 1.89. The Labute approximate surface area is 122 Å². The van der Waals surface area contributed by atoms with Crippen LogP contribution in [0, 0.1) is 0 Å². The third-order valence-corrected chi connectivity index (χ3v) is 3.25. The third-order valence-electron chi connectivity index (χ3n) is 3.25. The van der Waals surface area contributed by atoms with Crippen LogP contribution < -0.4 is 0 Å². The van der Waals surface area contributed by atoms with Gasteiger partial charge in [-0.25, -0.2) is 9.78 Å². The maximum absolute atomic E-state index is 12.0. The van der Waals surface area contributed by atoms with Crippen molar-refractivity contribution in [2.75, 3.05) is 6.61 Å². The van der Waals surface area contributed by atoms with E-state index in [2.05, 4.69) is 10.1 Å². The lowest BCUT2D eigenvalue weighted by molar-refractivity contribution is 0.0500. The summed E-state index contributed by atoms with van der Waals surface area (Å²) in [6.45, 7) is 0.401. The number of ether oxygens (including phenoxy) is 1. The van der Waals surface area contributed by atoms with Gasteiger partial charge in [-0.2, -0.15) is 5.10 Å². The molecule has 0 unspecified atom stereocenters. The first-order valence-electron chi connectivity index (χ1n) is 6.79. The van der Waals surface area contributed by atoms with Crippen LogP contribution in [-0.4, -0.2) is 31.7 Å². The Morgan fingerprint density at radius 1 is 1.38 bits per heavy atom. The van der Waals surface area contributed by atoms with Crippen LogP contribution >= 0.6 is 0 Å². The fraction of sp³-hybridized carbons (Fsp3) is 0.267. The molecule has 0 aromatic carbocycles. The highest BCUT2D eigenvalue weighted by atomic mass is 16.5. The van der Waals surface area contributed by atoms with E-state index in [-0.39, 0.29) is 5.97 Å². The molecule has 0 spiro atoms. The Balaban J connectivity index is 1.51. The zero-order valence-corrected chi connectivity index (χ0v) is 11.8. The number of hydrogen-bond acceptors (Lipinski definition) is 4. The maximum Gasteiger partial charge on any atom is 0.338 e. The summed E-state index contributed by atoms with van der Waals surface area (Å²) >= 11 is 0. The quantitative estimate of drug-likeness (QED) is 0.530. The zero-order valence-electron chi connectivity index (χ0n) is 11.8. The van der Waals surface area contributed by atoms with Gasteiger partial charge in [0.15, 0.2) is 0 Å². The molecule has 3 heterocycles. The molecule has 0 saturated carbocycles. The molecule has 3 aromatic heterocycles. The molecule has 0 bridgehead atoms. The van der Waals surface area contributed by atoms with Gasteiger partial charge < -0.3 is 9.14 Å². The van der Waals surface area contributed by atoms with Crippen molar-refractivity contribution in [2.45, 2.75) is 12.8 Å². The molecule has 0 aliphatic carbocycles. The number of carbonyl (C=O) groups excluding carboxylic acids is 1. The smallest absolute Gasteiger partial charge is 0.338 e. The van der Waals surface area contributed by atoms with Crippen molar-refractivity contribution in [1.29, 1.82) is 0 Å². The number of pyridine rings is 1. The van der Waals surface area contributed by atoms with Crippen molar-refractivity contribution < 1.29 is 9.53 Å². The second kappa shape index (κ2) is 5.78. The summed E-state index contributed by atoms with van der Waals surface area (Å²) in [6.07, 6.45) is 10.6. The molecule has 6 nitrogen and oxygen atoms in total. The average molecular weight is 284 g/mol. The standard InChI is InChI=1S/C15H16N4O2/c1-18-10-12(8-17-18)3-2-6-21-15(20)13-4-5-19-11-16-9-14(19)7-13/h4-5,7-11H,2-3,6H2,1H3. The van der Waals surface area contributed by atoms with Crippen molar-refractivity contribution in [3.63, 3.8) is 0 Å². The van der Waals surface area contributed by atoms with Gasteiger partial charge in [0.2, 0.25) is 0 Å². The number of fused-ring (bicyclic) bond motifs is 1. The van der Waals surface area contributed by atoms with Gasteiger partial charge in [-0.15, -0.1) is 0 Å². The van der Waals surface area contributed by atoms with Crippen LogP contribution in [0.5, 0.6) is 0 Å². The van der Waals surface area contributed by atoms with Gasteiger partial charge in [0.05, 0.1) is 36.4 Å². The Morgan fingerprint density at radius 2 is 2.29 bits per heavy atom. The molecule has 0 amide bonds. The molecule has 3 rings (SSSR count). The topological polar surface area (TPSA) is 61.4 Å². The first-order chi connectivity index (χ1) is 10.2. The second-order valence-electron chi connectivity index (χ2n) is 4.90. The van der Waals surface area contributed by atoms with E-state index >= 15 is 0 Å². The number of esters is 1. The normalized spacial score (nSPS) is 10.9. The van der Waals surface area contributed by atoms with E-state index in [4.69, 9.17) is 4.74 Å². The summed E-state index contributed by atoms with van der Waals surface area (Å²) in [6, 6.07) is 3.51. The average Bonchev–Trinajstić information content (AvgIpc) is 3.11. The predicted octanol–water partition coefficient (Wildman–Crippen LogP) is 1.86. The molecule has 0 fully saturated rings. The SMILES string of the molecule is Cn1cc(CCCOC(=O)c2ccn3cncc3c2)cn1.